The molecule has 1 N–H and O–H groups in total. The summed E-state index contributed by atoms with van der Waals surface area (Å²) in [6.45, 7) is 6.77. The first-order chi connectivity index (χ1) is 13.6. The van der Waals surface area contributed by atoms with Gasteiger partial charge in [0.25, 0.3) is 5.91 Å². The lowest BCUT2D eigenvalue weighted by Crippen LogP contribution is -2.47. The molecule has 4 rings (SSSR count). The summed E-state index contributed by atoms with van der Waals surface area (Å²) in [6.07, 6.45) is 3.27. The third-order valence-electron chi connectivity index (χ3n) is 6.83. The van der Waals surface area contributed by atoms with Crippen molar-refractivity contribution in [1.82, 2.24) is 14.7 Å². The van der Waals surface area contributed by atoms with Crippen molar-refractivity contribution in [3.05, 3.63) is 28.8 Å². The van der Waals surface area contributed by atoms with Crippen LogP contribution in [0.1, 0.15) is 27.9 Å². The molecule has 28 heavy (non-hydrogen) atoms. The van der Waals surface area contributed by atoms with Crippen LogP contribution in [0.3, 0.4) is 0 Å². The molecule has 0 saturated carbocycles. The van der Waals surface area contributed by atoms with Gasteiger partial charge in [0.1, 0.15) is 5.75 Å². The quantitative estimate of drug-likeness (QED) is 0.820. The average Bonchev–Trinajstić information content (AvgIpc) is 3.34. The van der Waals surface area contributed by atoms with Crippen molar-refractivity contribution in [2.24, 2.45) is 11.8 Å². The number of likely N-dealkylation sites (N-methyl/N-ethyl adjacent to an activating group) is 1. The molecule has 0 unspecified atom stereocenters. The maximum absolute atomic E-state index is 13.3. The largest absolute Gasteiger partial charge is 0.496 e. The van der Waals surface area contributed by atoms with Gasteiger partial charge in [0.2, 0.25) is 0 Å². The highest BCUT2D eigenvalue weighted by atomic mass is 16.5. The molecule has 0 aromatic heterocycles. The van der Waals surface area contributed by atoms with Gasteiger partial charge in [-0.3, -0.25) is 4.79 Å². The zero-order chi connectivity index (χ0) is 19.7. The Morgan fingerprint density at radius 1 is 1.11 bits per heavy atom. The smallest absolute Gasteiger partial charge is 0.257 e. The standard InChI is InChI=1S/C22H33N3O3/c1-23-6-8-24(9-7-23)12-18-13-25(14-19(18)15-26)22(27)20-10-16-4-3-5-17(16)11-21(20)28-2/h10-11,18-19,26H,3-9,12-15H2,1-2H3/t18-,19-/m1/s1. The molecule has 0 spiro atoms. The number of aliphatic hydroxyl groups is 1. The van der Waals surface area contributed by atoms with Crippen LogP contribution in [0.5, 0.6) is 5.75 Å². The molecular weight excluding hydrogens is 354 g/mol. The Morgan fingerprint density at radius 3 is 2.46 bits per heavy atom. The molecule has 0 radical (unpaired) electrons. The summed E-state index contributed by atoms with van der Waals surface area (Å²) in [7, 11) is 3.80. The van der Waals surface area contributed by atoms with Crippen molar-refractivity contribution < 1.29 is 14.6 Å². The number of rotatable bonds is 5. The Hall–Kier alpha value is -1.63. The SMILES string of the molecule is COc1cc2c(cc1C(=O)N1C[C@@H](CN3CCN(C)CC3)[C@@H](CO)C1)CCC2. The van der Waals surface area contributed by atoms with Crippen molar-refractivity contribution >= 4 is 5.91 Å². The number of carbonyl (C=O) groups excluding carboxylic acids is 1. The monoisotopic (exact) mass is 387 g/mol. The lowest BCUT2D eigenvalue weighted by atomic mass is 9.96. The average molecular weight is 388 g/mol. The molecule has 2 saturated heterocycles. The minimum absolute atomic E-state index is 0.0471. The summed E-state index contributed by atoms with van der Waals surface area (Å²) < 4.78 is 5.55. The van der Waals surface area contributed by atoms with Gasteiger partial charge in [0, 0.05) is 58.3 Å². The molecule has 1 aromatic carbocycles. The number of ether oxygens (including phenoxy) is 1. The zero-order valence-electron chi connectivity index (χ0n) is 17.2. The van der Waals surface area contributed by atoms with Crippen LogP contribution in [0.4, 0.5) is 0 Å². The number of hydrogen-bond donors (Lipinski definition) is 1. The summed E-state index contributed by atoms with van der Waals surface area (Å²) in [4.78, 5) is 20.1. The molecule has 1 aromatic rings. The molecular formula is C22H33N3O3. The fourth-order valence-electron chi connectivity index (χ4n) is 4.99. The Bertz CT molecular complexity index is 715. The van der Waals surface area contributed by atoms with E-state index >= 15 is 0 Å². The number of fused-ring (bicyclic) bond motifs is 1. The number of aliphatic hydroxyl groups excluding tert-OH is 1. The minimum Gasteiger partial charge on any atom is -0.496 e. The Labute approximate surface area is 168 Å². The molecule has 0 bridgehead atoms. The Morgan fingerprint density at radius 2 is 1.79 bits per heavy atom. The van der Waals surface area contributed by atoms with Crippen LogP contribution in [0.25, 0.3) is 0 Å². The van der Waals surface area contributed by atoms with E-state index in [0.717, 1.165) is 58.5 Å². The number of likely N-dealkylation sites (tertiary alicyclic amines) is 1. The second-order valence-corrected chi connectivity index (χ2v) is 8.69. The van der Waals surface area contributed by atoms with Crippen molar-refractivity contribution in [2.45, 2.75) is 19.3 Å². The zero-order valence-corrected chi connectivity index (χ0v) is 17.2. The van der Waals surface area contributed by atoms with E-state index in [2.05, 4.69) is 22.9 Å². The lowest BCUT2D eigenvalue weighted by Gasteiger charge is -2.34. The van der Waals surface area contributed by atoms with E-state index in [9.17, 15) is 9.90 Å². The second kappa shape index (κ2) is 8.39. The highest BCUT2D eigenvalue weighted by Gasteiger charge is 2.37. The minimum atomic E-state index is 0.0471. The topological polar surface area (TPSA) is 56.2 Å². The van der Waals surface area contributed by atoms with Crippen LogP contribution in [0.15, 0.2) is 12.1 Å². The van der Waals surface area contributed by atoms with E-state index in [0.29, 0.717) is 23.8 Å². The number of nitrogens with zero attached hydrogens (tertiary/aromatic N) is 3. The molecule has 2 atom stereocenters. The first kappa shape index (κ1) is 19.7. The van der Waals surface area contributed by atoms with Crippen LogP contribution in [0.2, 0.25) is 0 Å². The van der Waals surface area contributed by atoms with E-state index in [-0.39, 0.29) is 18.4 Å². The third-order valence-corrected chi connectivity index (χ3v) is 6.83. The summed E-state index contributed by atoms with van der Waals surface area (Å²) >= 11 is 0. The van der Waals surface area contributed by atoms with E-state index in [1.54, 1.807) is 7.11 Å². The van der Waals surface area contributed by atoms with Gasteiger partial charge in [-0.25, -0.2) is 0 Å². The van der Waals surface area contributed by atoms with E-state index in [1.807, 2.05) is 11.0 Å². The maximum Gasteiger partial charge on any atom is 0.257 e. The molecule has 3 aliphatic rings. The first-order valence-corrected chi connectivity index (χ1v) is 10.6. The molecule has 154 valence electrons. The van der Waals surface area contributed by atoms with Gasteiger partial charge >= 0.3 is 0 Å². The van der Waals surface area contributed by atoms with Gasteiger partial charge in [-0.05, 0) is 55.5 Å². The van der Waals surface area contributed by atoms with Crippen molar-refractivity contribution in [2.75, 3.05) is 66.6 Å². The molecule has 6 nitrogen and oxygen atoms in total. The number of benzene rings is 1. The number of hydrogen-bond acceptors (Lipinski definition) is 5. The molecule has 1 amide bonds. The molecule has 1 aliphatic carbocycles. The van der Waals surface area contributed by atoms with Crippen LogP contribution in [0, 0.1) is 11.8 Å². The Balaban J connectivity index is 1.46. The van der Waals surface area contributed by atoms with Crippen molar-refractivity contribution in [1.29, 1.82) is 0 Å². The summed E-state index contributed by atoms with van der Waals surface area (Å²) in [6, 6.07) is 4.10. The van der Waals surface area contributed by atoms with Crippen LogP contribution < -0.4 is 4.74 Å². The van der Waals surface area contributed by atoms with Gasteiger partial charge in [0.05, 0.1) is 12.7 Å². The van der Waals surface area contributed by atoms with E-state index < -0.39 is 0 Å². The number of carbonyl (C=O) groups is 1. The van der Waals surface area contributed by atoms with Gasteiger partial charge in [-0.15, -0.1) is 0 Å². The normalized spacial score (nSPS) is 25.9. The highest BCUT2D eigenvalue weighted by Crippen LogP contribution is 2.33. The Kier molecular flexibility index (Phi) is 5.90. The fourth-order valence-corrected chi connectivity index (χ4v) is 4.99. The molecule has 2 aliphatic heterocycles. The number of amides is 1. The lowest BCUT2D eigenvalue weighted by molar-refractivity contribution is 0.0773. The molecule has 2 fully saturated rings. The first-order valence-electron chi connectivity index (χ1n) is 10.6. The predicted molar refractivity (Wildman–Crippen MR) is 109 cm³/mol. The van der Waals surface area contributed by atoms with E-state index in [1.165, 1.54) is 11.1 Å². The highest BCUT2D eigenvalue weighted by molar-refractivity contribution is 5.97. The number of aryl methyl sites for hydroxylation is 2. The van der Waals surface area contributed by atoms with Crippen molar-refractivity contribution in [3.8, 4) is 5.75 Å². The second-order valence-electron chi connectivity index (χ2n) is 8.69. The van der Waals surface area contributed by atoms with Crippen LogP contribution >= 0.6 is 0 Å². The van der Waals surface area contributed by atoms with Crippen LogP contribution in [-0.4, -0.2) is 92.3 Å². The predicted octanol–water partition coefficient (Wildman–Crippen LogP) is 1.11. The van der Waals surface area contributed by atoms with E-state index in [4.69, 9.17) is 4.74 Å². The fraction of sp³-hybridized carbons (Fsp3) is 0.682. The molecule has 2 heterocycles. The summed E-state index contributed by atoms with van der Waals surface area (Å²) in [5.41, 5.74) is 3.28. The van der Waals surface area contributed by atoms with Gasteiger partial charge in [-0.1, -0.05) is 0 Å². The van der Waals surface area contributed by atoms with Gasteiger partial charge in [0.15, 0.2) is 0 Å². The van der Waals surface area contributed by atoms with Crippen LogP contribution in [-0.2, 0) is 12.8 Å². The molecule has 6 heteroatoms. The van der Waals surface area contributed by atoms with Gasteiger partial charge in [-0.2, -0.15) is 0 Å². The number of methoxy groups -OCH3 is 1. The third kappa shape index (κ3) is 3.91. The van der Waals surface area contributed by atoms with Crippen molar-refractivity contribution in [3.63, 3.8) is 0 Å². The summed E-state index contributed by atoms with van der Waals surface area (Å²) in [5.74, 6) is 1.22. The number of piperazine rings is 1. The van der Waals surface area contributed by atoms with Gasteiger partial charge < -0.3 is 24.5 Å². The maximum atomic E-state index is 13.3. The summed E-state index contributed by atoms with van der Waals surface area (Å²) in [5, 5.41) is 9.92.